The summed E-state index contributed by atoms with van der Waals surface area (Å²) in [6.45, 7) is 2.19. The average Bonchev–Trinajstić information content (AvgIpc) is 2.38. The van der Waals surface area contributed by atoms with Crippen LogP contribution in [-0.2, 0) is 4.79 Å². The average molecular weight is 296 g/mol. The van der Waals surface area contributed by atoms with Gasteiger partial charge in [0.2, 0.25) is 17.8 Å². The first kappa shape index (κ1) is 14.8. The van der Waals surface area contributed by atoms with Gasteiger partial charge in [-0.1, -0.05) is 31.5 Å². The van der Waals surface area contributed by atoms with Gasteiger partial charge in [0, 0.05) is 6.04 Å². The molecule has 1 saturated carbocycles. The van der Waals surface area contributed by atoms with Crippen LogP contribution < -0.4 is 16.8 Å². The van der Waals surface area contributed by atoms with Crippen LogP contribution in [0.1, 0.15) is 32.6 Å². The van der Waals surface area contributed by atoms with Gasteiger partial charge in [0.1, 0.15) is 0 Å². The van der Waals surface area contributed by atoms with Crippen LogP contribution >= 0.6 is 11.8 Å². The van der Waals surface area contributed by atoms with E-state index in [4.69, 9.17) is 11.5 Å². The number of carbonyl (C=O) groups excluding carboxylic acids is 1. The van der Waals surface area contributed by atoms with Gasteiger partial charge in [-0.15, -0.1) is 0 Å². The van der Waals surface area contributed by atoms with Crippen LogP contribution in [0.2, 0.25) is 0 Å². The lowest BCUT2D eigenvalue weighted by Crippen LogP contribution is -2.41. The fourth-order valence-corrected chi connectivity index (χ4v) is 3.02. The van der Waals surface area contributed by atoms with E-state index in [2.05, 4.69) is 27.2 Å². The molecule has 1 aliphatic carbocycles. The van der Waals surface area contributed by atoms with E-state index in [9.17, 15) is 4.79 Å². The van der Waals surface area contributed by atoms with Crippen LogP contribution in [0.4, 0.5) is 11.9 Å². The molecule has 1 aromatic rings. The zero-order valence-corrected chi connectivity index (χ0v) is 12.3. The molecule has 1 aromatic heterocycles. The summed E-state index contributed by atoms with van der Waals surface area (Å²) in [5, 5.41) is 3.45. The molecule has 1 fully saturated rings. The van der Waals surface area contributed by atoms with E-state index in [1.807, 2.05) is 0 Å². The van der Waals surface area contributed by atoms with Gasteiger partial charge in [0.15, 0.2) is 5.16 Å². The zero-order chi connectivity index (χ0) is 14.5. The molecule has 1 amide bonds. The van der Waals surface area contributed by atoms with E-state index >= 15 is 0 Å². The number of nitrogens with one attached hydrogen (secondary N) is 1. The first-order valence-electron chi connectivity index (χ1n) is 6.74. The Hall–Kier alpha value is -1.57. The number of carbonyl (C=O) groups is 1. The predicted octanol–water partition coefficient (Wildman–Crippen LogP) is 0.823. The molecule has 7 nitrogen and oxygen atoms in total. The molecule has 1 heterocycles. The van der Waals surface area contributed by atoms with Gasteiger partial charge in [0.05, 0.1) is 5.75 Å². The standard InChI is InChI=1S/C12H20N6OS/c1-7-4-2-3-5-8(7)15-9(19)6-20-12-17-10(13)16-11(14)18-12/h7-8H,2-6H2,1H3,(H,15,19)(H4,13,14,16,17,18)/t7-,8+/m0/s1. The summed E-state index contributed by atoms with van der Waals surface area (Å²) in [6, 6.07) is 0.283. The second kappa shape index (κ2) is 6.74. The Kier molecular flexibility index (Phi) is 4.99. The van der Waals surface area contributed by atoms with Gasteiger partial charge in [-0.3, -0.25) is 4.79 Å². The first-order valence-corrected chi connectivity index (χ1v) is 7.72. The van der Waals surface area contributed by atoms with Gasteiger partial charge in [0.25, 0.3) is 0 Å². The van der Waals surface area contributed by atoms with Crippen molar-refractivity contribution >= 4 is 29.6 Å². The summed E-state index contributed by atoms with van der Waals surface area (Å²) < 4.78 is 0. The molecule has 0 saturated heterocycles. The molecule has 5 N–H and O–H groups in total. The highest BCUT2D eigenvalue weighted by Crippen LogP contribution is 2.24. The van der Waals surface area contributed by atoms with Crippen molar-refractivity contribution in [1.29, 1.82) is 0 Å². The third kappa shape index (κ3) is 4.22. The molecule has 1 aliphatic rings. The first-order chi connectivity index (χ1) is 9.54. The number of anilines is 2. The summed E-state index contributed by atoms with van der Waals surface area (Å²) in [4.78, 5) is 23.5. The van der Waals surface area contributed by atoms with Crippen molar-refractivity contribution in [2.24, 2.45) is 5.92 Å². The second-order valence-electron chi connectivity index (χ2n) is 5.06. The lowest BCUT2D eigenvalue weighted by atomic mass is 9.86. The number of nitrogen functional groups attached to an aromatic ring is 2. The van der Waals surface area contributed by atoms with Crippen molar-refractivity contribution in [2.75, 3.05) is 17.2 Å². The Bertz CT molecular complexity index is 463. The Morgan fingerprint density at radius 1 is 1.25 bits per heavy atom. The highest BCUT2D eigenvalue weighted by molar-refractivity contribution is 7.99. The number of hydrogen-bond donors (Lipinski definition) is 3. The fourth-order valence-electron chi connectivity index (χ4n) is 2.36. The maximum Gasteiger partial charge on any atom is 0.230 e. The highest BCUT2D eigenvalue weighted by Gasteiger charge is 2.22. The van der Waals surface area contributed by atoms with Gasteiger partial charge in [-0.05, 0) is 18.8 Å². The molecule has 0 aliphatic heterocycles. The Balaban J connectivity index is 1.82. The lowest BCUT2D eigenvalue weighted by molar-refractivity contribution is -0.119. The van der Waals surface area contributed by atoms with Crippen molar-refractivity contribution in [1.82, 2.24) is 20.3 Å². The fraction of sp³-hybridized carbons (Fsp3) is 0.667. The second-order valence-corrected chi connectivity index (χ2v) is 6.00. The monoisotopic (exact) mass is 296 g/mol. The molecular formula is C12H20N6OS. The largest absolute Gasteiger partial charge is 0.368 e. The highest BCUT2D eigenvalue weighted by atomic mass is 32.2. The number of hydrogen-bond acceptors (Lipinski definition) is 7. The van der Waals surface area contributed by atoms with E-state index in [1.54, 1.807) is 0 Å². The van der Waals surface area contributed by atoms with Gasteiger partial charge >= 0.3 is 0 Å². The SMILES string of the molecule is C[C@H]1CCCC[C@H]1NC(=O)CSc1nc(N)nc(N)n1. The van der Waals surface area contributed by atoms with Crippen molar-refractivity contribution in [3.8, 4) is 0 Å². The molecule has 2 atom stereocenters. The molecule has 8 heteroatoms. The summed E-state index contributed by atoms with van der Waals surface area (Å²) >= 11 is 1.21. The van der Waals surface area contributed by atoms with Crippen LogP contribution in [0.5, 0.6) is 0 Å². The van der Waals surface area contributed by atoms with Gasteiger partial charge in [-0.25, -0.2) is 0 Å². The number of nitrogens with two attached hydrogens (primary N) is 2. The molecule has 20 heavy (non-hydrogen) atoms. The Morgan fingerprint density at radius 2 is 1.90 bits per heavy atom. The van der Waals surface area contributed by atoms with Crippen molar-refractivity contribution in [2.45, 2.75) is 43.8 Å². The maximum atomic E-state index is 11.9. The third-order valence-corrected chi connectivity index (χ3v) is 4.29. The molecule has 0 aromatic carbocycles. The van der Waals surface area contributed by atoms with Crippen LogP contribution in [0.15, 0.2) is 5.16 Å². The summed E-state index contributed by atoms with van der Waals surface area (Å²) in [5.74, 6) is 0.932. The molecule has 110 valence electrons. The smallest absolute Gasteiger partial charge is 0.230 e. The third-order valence-electron chi connectivity index (χ3n) is 3.44. The zero-order valence-electron chi connectivity index (χ0n) is 11.5. The van der Waals surface area contributed by atoms with Gasteiger partial charge < -0.3 is 16.8 Å². The molecular weight excluding hydrogens is 276 g/mol. The van der Waals surface area contributed by atoms with E-state index in [0.717, 1.165) is 6.42 Å². The lowest BCUT2D eigenvalue weighted by Gasteiger charge is -2.29. The minimum atomic E-state index is -0.00805. The minimum Gasteiger partial charge on any atom is -0.368 e. The molecule has 0 unspecified atom stereocenters. The van der Waals surface area contributed by atoms with Crippen LogP contribution in [0, 0.1) is 5.92 Å². The quantitative estimate of drug-likeness (QED) is 0.703. The summed E-state index contributed by atoms with van der Waals surface area (Å²) in [6.07, 6.45) is 4.68. The Morgan fingerprint density at radius 3 is 2.55 bits per heavy atom. The van der Waals surface area contributed by atoms with Gasteiger partial charge in [-0.2, -0.15) is 15.0 Å². The van der Waals surface area contributed by atoms with Crippen LogP contribution in [-0.4, -0.2) is 32.7 Å². The number of thioether (sulfide) groups is 1. The minimum absolute atomic E-state index is 0.00805. The number of aromatic nitrogens is 3. The van der Waals surface area contributed by atoms with Crippen molar-refractivity contribution in [3.05, 3.63) is 0 Å². The van der Waals surface area contributed by atoms with Crippen molar-refractivity contribution in [3.63, 3.8) is 0 Å². The molecule has 0 radical (unpaired) electrons. The van der Waals surface area contributed by atoms with E-state index < -0.39 is 0 Å². The number of amides is 1. The van der Waals surface area contributed by atoms with E-state index in [1.165, 1.54) is 31.0 Å². The Labute approximate surface area is 122 Å². The number of rotatable bonds is 4. The maximum absolute atomic E-state index is 11.9. The number of nitrogens with zero attached hydrogens (tertiary/aromatic N) is 3. The van der Waals surface area contributed by atoms with E-state index in [-0.39, 0.29) is 29.6 Å². The van der Waals surface area contributed by atoms with Crippen molar-refractivity contribution < 1.29 is 4.79 Å². The van der Waals surface area contributed by atoms with Crippen LogP contribution in [0.3, 0.4) is 0 Å². The topological polar surface area (TPSA) is 120 Å². The van der Waals surface area contributed by atoms with Crippen LogP contribution in [0.25, 0.3) is 0 Å². The van der Waals surface area contributed by atoms with E-state index in [0.29, 0.717) is 11.1 Å². The molecule has 0 spiro atoms. The molecule has 2 rings (SSSR count). The normalized spacial score (nSPS) is 22.4. The molecule has 0 bridgehead atoms. The summed E-state index contributed by atoms with van der Waals surface area (Å²) in [5.41, 5.74) is 11.0. The predicted molar refractivity (Wildman–Crippen MR) is 78.9 cm³/mol. The summed E-state index contributed by atoms with van der Waals surface area (Å²) in [7, 11) is 0.